The highest BCUT2D eigenvalue weighted by Crippen LogP contribution is 2.25. The Bertz CT molecular complexity index is 448. The Morgan fingerprint density at radius 2 is 2.14 bits per heavy atom. The van der Waals surface area contributed by atoms with Crippen molar-refractivity contribution >= 4 is 5.65 Å². The zero-order valence-corrected chi connectivity index (χ0v) is 8.56. The maximum Gasteiger partial charge on any atom is 0.219 e. The van der Waals surface area contributed by atoms with Gasteiger partial charge in [0.15, 0.2) is 5.65 Å². The van der Waals surface area contributed by atoms with Gasteiger partial charge in [-0.15, -0.1) is 0 Å². The van der Waals surface area contributed by atoms with Crippen molar-refractivity contribution in [1.29, 1.82) is 0 Å². The summed E-state index contributed by atoms with van der Waals surface area (Å²) in [6, 6.07) is 3.98. The zero-order valence-electron chi connectivity index (χ0n) is 8.56. The minimum absolute atomic E-state index is 0.415. The van der Waals surface area contributed by atoms with Crippen LogP contribution in [0.4, 0.5) is 0 Å². The number of nitrogens with zero attached hydrogens (tertiary/aromatic N) is 3. The van der Waals surface area contributed by atoms with E-state index >= 15 is 0 Å². The first-order valence-corrected chi connectivity index (χ1v) is 4.60. The van der Waals surface area contributed by atoms with Crippen LogP contribution in [0.5, 0.6) is 5.88 Å². The molecule has 0 saturated heterocycles. The molecule has 0 aliphatic heterocycles. The van der Waals surface area contributed by atoms with Gasteiger partial charge in [-0.3, -0.25) is 0 Å². The van der Waals surface area contributed by atoms with Gasteiger partial charge in [-0.1, -0.05) is 13.8 Å². The molecule has 0 saturated carbocycles. The third-order valence-corrected chi connectivity index (χ3v) is 2.24. The number of methoxy groups -OCH3 is 1. The summed E-state index contributed by atoms with van der Waals surface area (Å²) in [4.78, 5) is 4.10. The predicted octanol–water partition coefficient (Wildman–Crippen LogP) is 1.86. The van der Waals surface area contributed by atoms with Crippen LogP contribution in [0, 0.1) is 0 Å². The molecule has 4 nitrogen and oxygen atoms in total. The van der Waals surface area contributed by atoms with E-state index in [1.165, 1.54) is 6.33 Å². The van der Waals surface area contributed by atoms with Crippen molar-refractivity contribution in [3.8, 4) is 5.88 Å². The number of ether oxygens (including phenoxy) is 1. The lowest BCUT2D eigenvalue weighted by Gasteiger charge is -2.11. The molecule has 0 unspecified atom stereocenters. The van der Waals surface area contributed by atoms with Gasteiger partial charge in [-0.05, 0) is 18.1 Å². The van der Waals surface area contributed by atoms with Crippen molar-refractivity contribution < 1.29 is 4.74 Å². The SMILES string of the molecule is COc1c(C(C)C)ccc2ncnn12. The monoisotopic (exact) mass is 191 g/mol. The number of aromatic nitrogens is 3. The van der Waals surface area contributed by atoms with E-state index < -0.39 is 0 Å². The van der Waals surface area contributed by atoms with Crippen LogP contribution < -0.4 is 4.74 Å². The molecule has 0 fully saturated rings. The van der Waals surface area contributed by atoms with Crippen LogP contribution >= 0.6 is 0 Å². The summed E-state index contributed by atoms with van der Waals surface area (Å²) in [6.07, 6.45) is 1.53. The smallest absolute Gasteiger partial charge is 0.219 e. The molecular formula is C10H13N3O. The van der Waals surface area contributed by atoms with Gasteiger partial charge in [-0.2, -0.15) is 9.61 Å². The molecule has 2 rings (SSSR count). The molecular weight excluding hydrogens is 178 g/mol. The third kappa shape index (κ3) is 1.23. The molecule has 0 N–H and O–H groups in total. The molecule has 14 heavy (non-hydrogen) atoms. The largest absolute Gasteiger partial charge is 0.481 e. The molecule has 0 radical (unpaired) electrons. The van der Waals surface area contributed by atoms with Crippen LogP contribution in [0.25, 0.3) is 5.65 Å². The van der Waals surface area contributed by atoms with Crippen LogP contribution in [0.2, 0.25) is 0 Å². The molecule has 4 heteroatoms. The first kappa shape index (κ1) is 8.99. The Balaban J connectivity index is 2.72. The quantitative estimate of drug-likeness (QED) is 0.727. The van der Waals surface area contributed by atoms with E-state index in [1.807, 2.05) is 12.1 Å². The van der Waals surface area contributed by atoms with Crippen molar-refractivity contribution in [3.63, 3.8) is 0 Å². The van der Waals surface area contributed by atoms with Gasteiger partial charge in [0.2, 0.25) is 5.88 Å². The minimum atomic E-state index is 0.415. The van der Waals surface area contributed by atoms with Crippen molar-refractivity contribution in [1.82, 2.24) is 14.6 Å². The maximum atomic E-state index is 5.34. The third-order valence-electron chi connectivity index (χ3n) is 2.24. The predicted molar refractivity (Wildman–Crippen MR) is 53.6 cm³/mol. The summed E-state index contributed by atoms with van der Waals surface area (Å²) in [5.41, 5.74) is 1.96. The molecule has 0 aliphatic rings. The van der Waals surface area contributed by atoms with Gasteiger partial charge in [0.1, 0.15) is 6.33 Å². The first-order chi connectivity index (χ1) is 6.74. The second kappa shape index (κ2) is 3.29. The van der Waals surface area contributed by atoms with Crippen molar-refractivity contribution in [2.45, 2.75) is 19.8 Å². The van der Waals surface area contributed by atoms with E-state index in [1.54, 1.807) is 11.6 Å². The number of pyridine rings is 1. The average Bonchev–Trinajstić information content (AvgIpc) is 2.63. The molecule has 0 spiro atoms. The molecule has 2 heterocycles. The van der Waals surface area contributed by atoms with Gasteiger partial charge in [-0.25, -0.2) is 4.98 Å². The molecule has 0 bridgehead atoms. The van der Waals surface area contributed by atoms with Gasteiger partial charge >= 0.3 is 0 Å². The highest BCUT2D eigenvalue weighted by Gasteiger charge is 2.11. The molecule has 0 atom stereocenters. The maximum absolute atomic E-state index is 5.34. The molecule has 2 aromatic rings. The number of fused-ring (bicyclic) bond motifs is 1. The first-order valence-electron chi connectivity index (χ1n) is 4.60. The molecule has 0 amide bonds. The summed E-state index contributed by atoms with van der Waals surface area (Å²) in [5.74, 6) is 1.19. The molecule has 74 valence electrons. The Labute approximate surface area is 82.5 Å². The fourth-order valence-corrected chi connectivity index (χ4v) is 1.52. The van der Waals surface area contributed by atoms with Gasteiger partial charge in [0, 0.05) is 5.56 Å². The summed E-state index contributed by atoms with van der Waals surface area (Å²) in [5, 5.41) is 4.11. The van der Waals surface area contributed by atoms with E-state index in [9.17, 15) is 0 Å². The fraction of sp³-hybridized carbons (Fsp3) is 0.400. The average molecular weight is 191 g/mol. The highest BCUT2D eigenvalue weighted by atomic mass is 16.5. The summed E-state index contributed by atoms with van der Waals surface area (Å²) in [6.45, 7) is 4.25. The van der Waals surface area contributed by atoms with Gasteiger partial charge in [0.05, 0.1) is 7.11 Å². The zero-order chi connectivity index (χ0) is 10.1. The van der Waals surface area contributed by atoms with E-state index in [0.717, 1.165) is 17.1 Å². The molecule has 0 aliphatic carbocycles. The standard InChI is InChI=1S/C10H13N3O/c1-7(2)8-4-5-9-11-6-12-13(9)10(8)14-3/h4-7H,1-3H3. The highest BCUT2D eigenvalue weighted by molar-refractivity contribution is 5.45. The summed E-state index contributed by atoms with van der Waals surface area (Å²) < 4.78 is 7.06. The van der Waals surface area contributed by atoms with Crippen LogP contribution in [0.15, 0.2) is 18.5 Å². The van der Waals surface area contributed by atoms with Crippen LogP contribution in [-0.4, -0.2) is 21.7 Å². The van der Waals surface area contributed by atoms with Crippen LogP contribution in [0.1, 0.15) is 25.3 Å². The second-order valence-electron chi connectivity index (χ2n) is 3.48. The van der Waals surface area contributed by atoms with Crippen LogP contribution in [0.3, 0.4) is 0 Å². The minimum Gasteiger partial charge on any atom is -0.481 e. The van der Waals surface area contributed by atoms with Crippen molar-refractivity contribution in [3.05, 3.63) is 24.0 Å². The van der Waals surface area contributed by atoms with E-state index in [-0.39, 0.29) is 0 Å². The topological polar surface area (TPSA) is 39.4 Å². The Morgan fingerprint density at radius 3 is 2.79 bits per heavy atom. The molecule has 2 aromatic heterocycles. The normalized spacial score (nSPS) is 11.1. The number of rotatable bonds is 2. The van der Waals surface area contributed by atoms with E-state index in [2.05, 4.69) is 23.9 Å². The summed E-state index contributed by atoms with van der Waals surface area (Å²) >= 11 is 0. The van der Waals surface area contributed by atoms with E-state index in [0.29, 0.717) is 5.92 Å². The van der Waals surface area contributed by atoms with Crippen molar-refractivity contribution in [2.24, 2.45) is 0 Å². The number of hydrogen-bond donors (Lipinski definition) is 0. The lowest BCUT2D eigenvalue weighted by atomic mass is 10.1. The lowest BCUT2D eigenvalue weighted by molar-refractivity contribution is 0.378. The van der Waals surface area contributed by atoms with Gasteiger partial charge in [0.25, 0.3) is 0 Å². The van der Waals surface area contributed by atoms with Gasteiger partial charge < -0.3 is 4.74 Å². The lowest BCUT2D eigenvalue weighted by Crippen LogP contribution is -2.01. The van der Waals surface area contributed by atoms with Crippen molar-refractivity contribution in [2.75, 3.05) is 7.11 Å². The Hall–Kier alpha value is -1.58. The Morgan fingerprint density at radius 1 is 1.36 bits per heavy atom. The molecule has 0 aromatic carbocycles. The Kier molecular flexibility index (Phi) is 2.11. The van der Waals surface area contributed by atoms with Crippen LogP contribution in [-0.2, 0) is 0 Å². The number of hydrogen-bond acceptors (Lipinski definition) is 3. The summed E-state index contributed by atoms with van der Waals surface area (Å²) in [7, 11) is 1.66. The second-order valence-corrected chi connectivity index (χ2v) is 3.48. The fourth-order valence-electron chi connectivity index (χ4n) is 1.52. The van der Waals surface area contributed by atoms with E-state index in [4.69, 9.17) is 4.74 Å².